The quantitative estimate of drug-likeness (QED) is 0.754. The molecule has 2 heterocycles. The Hall–Kier alpha value is -2.34. The van der Waals surface area contributed by atoms with Crippen LogP contribution in [0.3, 0.4) is 0 Å². The molecule has 1 aliphatic rings. The van der Waals surface area contributed by atoms with Crippen molar-refractivity contribution in [1.82, 2.24) is 15.5 Å². The number of ether oxygens (including phenoxy) is 1. The number of rotatable bonds is 5. The molecule has 0 aliphatic heterocycles. The Bertz CT molecular complexity index is 864. The summed E-state index contributed by atoms with van der Waals surface area (Å²) in [5.41, 5.74) is 3.52. The fourth-order valence-corrected chi connectivity index (χ4v) is 3.61. The highest BCUT2D eigenvalue weighted by Gasteiger charge is 2.27. The number of carbonyl (C=O) groups excluding carboxylic acids is 1. The van der Waals surface area contributed by atoms with Gasteiger partial charge in [-0.3, -0.25) is 9.89 Å². The van der Waals surface area contributed by atoms with E-state index < -0.39 is 0 Å². The maximum atomic E-state index is 12.3. The van der Waals surface area contributed by atoms with E-state index in [1.165, 1.54) is 35.3 Å². The van der Waals surface area contributed by atoms with Gasteiger partial charge in [-0.05, 0) is 48.1 Å². The summed E-state index contributed by atoms with van der Waals surface area (Å²) in [6.07, 6.45) is 4.30. The zero-order valence-corrected chi connectivity index (χ0v) is 13.6. The van der Waals surface area contributed by atoms with Crippen LogP contribution in [0.5, 0.6) is 5.06 Å². The van der Waals surface area contributed by atoms with Crippen molar-refractivity contribution in [2.45, 2.75) is 25.3 Å². The molecule has 1 amide bonds. The van der Waals surface area contributed by atoms with E-state index in [1.807, 2.05) is 12.3 Å². The van der Waals surface area contributed by atoms with Gasteiger partial charge < -0.3 is 10.1 Å². The van der Waals surface area contributed by atoms with E-state index in [-0.39, 0.29) is 5.91 Å². The van der Waals surface area contributed by atoms with E-state index in [1.54, 1.807) is 13.2 Å². The summed E-state index contributed by atoms with van der Waals surface area (Å²) in [6, 6.07) is 7.84. The second-order valence-corrected chi connectivity index (χ2v) is 6.79. The molecular formula is C17H17N3O2S. The summed E-state index contributed by atoms with van der Waals surface area (Å²) >= 11 is 1.35. The Morgan fingerprint density at radius 2 is 2.26 bits per heavy atom. The van der Waals surface area contributed by atoms with Gasteiger partial charge in [0.1, 0.15) is 0 Å². The fourth-order valence-electron chi connectivity index (χ4n) is 2.87. The third kappa shape index (κ3) is 2.70. The molecule has 1 fully saturated rings. The van der Waals surface area contributed by atoms with E-state index in [9.17, 15) is 4.79 Å². The lowest BCUT2D eigenvalue weighted by atomic mass is 9.99. The number of hydrogen-bond acceptors (Lipinski definition) is 4. The number of fused-ring (bicyclic) bond motifs is 1. The number of nitrogens with one attached hydrogen (secondary N) is 2. The SMILES string of the molecule is COc1ccc(C(=O)NCc2c(C3CC3)ccc3[nH]ncc23)s1. The number of thiophene rings is 1. The van der Waals surface area contributed by atoms with Gasteiger partial charge in [-0.15, -0.1) is 0 Å². The van der Waals surface area contributed by atoms with Gasteiger partial charge in [0.05, 0.1) is 23.7 Å². The van der Waals surface area contributed by atoms with Crippen LogP contribution in [0, 0.1) is 0 Å². The Morgan fingerprint density at radius 1 is 1.39 bits per heavy atom. The molecule has 3 aromatic rings. The van der Waals surface area contributed by atoms with Crippen LogP contribution in [0.1, 0.15) is 39.6 Å². The molecule has 0 atom stereocenters. The number of nitrogens with zero attached hydrogens (tertiary/aromatic N) is 1. The van der Waals surface area contributed by atoms with Crippen LogP contribution in [0.25, 0.3) is 10.9 Å². The fraction of sp³-hybridized carbons (Fsp3) is 0.294. The number of hydrogen-bond donors (Lipinski definition) is 2. The smallest absolute Gasteiger partial charge is 0.261 e. The van der Waals surface area contributed by atoms with Gasteiger partial charge in [-0.1, -0.05) is 17.4 Å². The van der Waals surface area contributed by atoms with Gasteiger partial charge in [-0.2, -0.15) is 5.10 Å². The summed E-state index contributed by atoms with van der Waals surface area (Å²) in [5, 5.41) is 12.0. The lowest BCUT2D eigenvalue weighted by molar-refractivity contribution is 0.0955. The third-order valence-electron chi connectivity index (χ3n) is 4.22. The van der Waals surface area contributed by atoms with Gasteiger partial charge in [0.2, 0.25) is 0 Å². The lowest BCUT2D eigenvalue weighted by Gasteiger charge is -2.11. The second-order valence-electron chi connectivity index (χ2n) is 5.74. The van der Waals surface area contributed by atoms with Gasteiger partial charge in [0.25, 0.3) is 5.91 Å². The maximum Gasteiger partial charge on any atom is 0.261 e. The highest BCUT2D eigenvalue weighted by Crippen LogP contribution is 2.43. The van der Waals surface area contributed by atoms with Gasteiger partial charge in [-0.25, -0.2) is 0 Å². The van der Waals surface area contributed by atoms with Crippen molar-refractivity contribution in [2.24, 2.45) is 0 Å². The number of benzene rings is 1. The normalized spacial score (nSPS) is 14.1. The summed E-state index contributed by atoms with van der Waals surface area (Å²) in [4.78, 5) is 13.0. The summed E-state index contributed by atoms with van der Waals surface area (Å²) in [6.45, 7) is 0.516. The van der Waals surface area contributed by atoms with E-state index in [0.29, 0.717) is 17.3 Å². The van der Waals surface area contributed by atoms with Gasteiger partial charge in [0.15, 0.2) is 5.06 Å². The Morgan fingerprint density at radius 3 is 3.00 bits per heavy atom. The molecule has 0 unspecified atom stereocenters. The molecule has 0 spiro atoms. The second kappa shape index (κ2) is 5.70. The van der Waals surface area contributed by atoms with Crippen LogP contribution in [0.2, 0.25) is 0 Å². The van der Waals surface area contributed by atoms with Crippen LogP contribution >= 0.6 is 11.3 Å². The maximum absolute atomic E-state index is 12.3. The largest absolute Gasteiger partial charge is 0.487 e. The first-order chi connectivity index (χ1) is 11.3. The van der Waals surface area contributed by atoms with Gasteiger partial charge >= 0.3 is 0 Å². The molecule has 0 radical (unpaired) electrons. The van der Waals surface area contributed by atoms with Gasteiger partial charge in [0, 0.05) is 11.9 Å². The molecule has 4 rings (SSSR count). The number of carbonyl (C=O) groups is 1. The lowest BCUT2D eigenvalue weighted by Crippen LogP contribution is -2.22. The molecule has 118 valence electrons. The summed E-state index contributed by atoms with van der Waals surface area (Å²) < 4.78 is 5.14. The third-order valence-corrected chi connectivity index (χ3v) is 5.27. The zero-order chi connectivity index (χ0) is 15.8. The Labute approximate surface area is 137 Å². The van der Waals surface area contributed by atoms with Crippen molar-refractivity contribution >= 4 is 28.1 Å². The molecule has 1 saturated carbocycles. The Balaban J connectivity index is 1.58. The van der Waals surface area contributed by atoms with Crippen molar-refractivity contribution in [3.63, 3.8) is 0 Å². The molecular weight excluding hydrogens is 310 g/mol. The molecule has 6 heteroatoms. The molecule has 1 aliphatic carbocycles. The number of H-pyrrole nitrogens is 1. The van der Waals surface area contributed by atoms with Crippen LogP contribution in [-0.2, 0) is 6.54 Å². The predicted molar refractivity (Wildman–Crippen MR) is 90.1 cm³/mol. The van der Waals surface area contributed by atoms with Crippen molar-refractivity contribution in [3.8, 4) is 5.06 Å². The first-order valence-corrected chi connectivity index (χ1v) is 8.45. The van der Waals surface area contributed by atoms with E-state index in [2.05, 4.69) is 27.6 Å². The molecule has 0 bridgehead atoms. The average Bonchev–Trinajstić information content (AvgIpc) is 3.11. The predicted octanol–water partition coefficient (Wildman–Crippen LogP) is 3.44. The molecule has 1 aromatic carbocycles. The zero-order valence-electron chi connectivity index (χ0n) is 12.8. The van der Waals surface area contributed by atoms with Crippen molar-refractivity contribution in [2.75, 3.05) is 7.11 Å². The molecule has 23 heavy (non-hydrogen) atoms. The van der Waals surface area contributed by atoms with Crippen LogP contribution in [0.4, 0.5) is 0 Å². The number of aromatic nitrogens is 2. The monoisotopic (exact) mass is 327 g/mol. The minimum atomic E-state index is -0.0689. The van der Waals surface area contributed by atoms with E-state index in [0.717, 1.165) is 16.0 Å². The van der Waals surface area contributed by atoms with E-state index >= 15 is 0 Å². The topological polar surface area (TPSA) is 67.0 Å². The van der Waals surface area contributed by atoms with Crippen molar-refractivity contribution in [1.29, 1.82) is 0 Å². The Kier molecular flexibility index (Phi) is 3.53. The average molecular weight is 327 g/mol. The highest BCUT2D eigenvalue weighted by atomic mass is 32.1. The first kappa shape index (κ1) is 14.3. The minimum Gasteiger partial charge on any atom is -0.487 e. The van der Waals surface area contributed by atoms with Crippen molar-refractivity contribution < 1.29 is 9.53 Å². The van der Waals surface area contributed by atoms with Crippen molar-refractivity contribution in [3.05, 3.63) is 46.5 Å². The summed E-state index contributed by atoms with van der Waals surface area (Å²) in [7, 11) is 1.61. The van der Waals surface area contributed by atoms with E-state index in [4.69, 9.17) is 4.74 Å². The molecule has 2 aromatic heterocycles. The summed E-state index contributed by atoms with van der Waals surface area (Å²) in [5.74, 6) is 0.559. The van der Waals surface area contributed by atoms with Crippen LogP contribution in [0.15, 0.2) is 30.5 Å². The highest BCUT2D eigenvalue weighted by molar-refractivity contribution is 7.15. The first-order valence-electron chi connectivity index (χ1n) is 7.63. The number of methoxy groups -OCH3 is 1. The number of aromatic amines is 1. The number of amides is 1. The molecule has 2 N–H and O–H groups in total. The van der Waals surface area contributed by atoms with Crippen LogP contribution < -0.4 is 10.1 Å². The minimum absolute atomic E-state index is 0.0689. The standard InChI is InChI=1S/C17H17N3O2S/c1-22-16-7-6-15(23-16)17(21)18-8-12-11(10-2-3-10)4-5-14-13(12)9-19-20-14/h4-7,9-10H,2-3,8H2,1H3,(H,18,21)(H,19,20). The molecule has 0 saturated heterocycles. The van der Waals surface area contributed by atoms with Crippen LogP contribution in [-0.4, -0.2) is 23.2 Å². The molecule has 5 nitrogen and oxygen atoms in total.